The van der Waals surface area contributed by atoms with Gasteiger partial charge in [0.15, 0.2) is 0 Å². The summed E-state index contributed by atoms with van der Waals surface area (Å²) in [6.45, 7) is 2.02. The summed E-state index contributed by atoms with van der Waals surface area (Å²) in [5, 5.41) is 0. The van der Waals surface area contributed by atoms with Crippen molar-refractivity contribution in [3.8, 4) is 11.3 Å². The van der Waals surface area contributed by atoms with Gasteiger partial charge < -0.3 is 9.32 Å². The smallest absolute Gasteiger partial charge is 0.338 e. The largest absolute Gasteiger partial charge is 0.423 e. The fraction of sp³-hybridized carbons (Fsp3) is 0.214. The highest BCUT2D eigenvalue weighted by Crippen LogP contribution is 2.22. The maximum Gasteiger partial charge on any atom is 0.338 e. The van der Waals surface area contributed by atoms with Gasteiger partial charge in [-0.2, -0.15) is 0 Å². The van der Waals surface area contributed by atoms with Crippen LogP contribution in [-0.2, 0) is 0 Å². The fourth-order valence-electron chi connectivity index (χ4n) is 1.58. The average Bonchev–Trinajstić information content (AvgIpc) is 2.29. The molecule has 0 bridgehead atoms. The lowest BCUT2D eigenvalue weighted by Crippen LogP contribution is -2.11. The van der Waals surface area contributed by atoms with E-state index in [4.69, 9.17) is 4.42 Å². The Morgan fingerprint density at radius 2 is 1.71 bits per heavy atom. The molecule has 17 heavy (non-hydrogen) atoms. The number of hydrogen-bond donors (Lipinski definition) is 0. The molecule has 0 saturated heterocycles. The van der Waals surface area contributed by atoms with E-state index < -0.39 is 0 Å². The first-order valence-electron chi connectivity index (χ1n) is 5.46. The maximum absolute atomic E-state index is 11.5. The maximum atomic E-state index is 11.5. The lowest BCUT2D eigenvalue weighted by atomic mass is 10.1. The molecule has 0 radical (unpaired) electrons. The van der Waals surface area contributed by atoms with Crippen LogP contribution in [0.3, 0.4) is 0 Å². The van der Waals surface area contributed by atoms with Crippen LogP contribution < -0.4 is 10.5 Å². The summed E-state index contributed by atoms with van der Waals surface area (Å²) < 4.78 is 5.21. The van der Waals surface area contributed by atoms with E-state index in [-0.39, 0.29) is 5.63 Å². The summed E-state index contributed by atoms with van der Waals surface area (Å²) in [4.78, 5) is 13.3. The Morgan fingerprint density at radius 1 is 1.06 bits per heavy atom. The minimum Gasteiger partial charge on any atom is -0.423 e. The summed E-state index contributed by atoms with van der Waals surface area (Å²) in [7, 11) is 3.79. The Balaban J connectivity index is 2.52. The number of benzene rings is 1. The highest BCUT2D eigenvalue weighted by atomic mass is 16.4. The molecule has 2 rings (SSSR count). The van der Waals surface area contributed by atoms with E-state index in [0.29, 0.717) is 5.76 Å². The SMILES string of the molecule is Cc1ccc(-c2cc(N(C)C)cc(=O)o2)cc1. The molecule has 0 aliphatic rings. The summed E-state index contributed by atoms with van der Waals surface area (Å²) >= 11 is 0. The number of aryl methyl sites for hydroxylation is 1. The first-order chi connectivity index (χ1) is 8.06. The predicted molar refractivity (Wildman–Crippen MR) is 69.5 cm³/mol. The zero-order valence-corrected chi connectivity index (χ0v) is 10.2. The highest BCUT2D eigenvalue weighted by Gasteiger charge is 2.05. The molecule has 0 spiro atoms. The summed E-state index contributed by atoms with van der Waals surface area (Å²) in [5.74, 6) is 0.598. The molecule has 0 aliphatic carbocycles. The van der Waals surface area contributed by atoms with Gasteiger partial charge in [0.05, 0.1) is 0 Å². The van der Waals surface area contributed by atoms with Crippen LogP contribution in [-0.4, -0.2) is 14.1 Å². The van der Waals surface area contributed by atoms with E-state index in [1.165, 1.54) is 11.6 Å². The lowest BCUT2D eigenvalue weighted by Gasteiger charge is -2.12. The van der Waals surface area contributed by atoms with Gasteiger partial charge in [-0.3, -0.25) is 0 Å². The van der Waals surface area contributed by atoms with Crippen LogP contribution in [0.25, 0.3) is 11.3 Å². The molecule has 3 nitrogen and oxygen atoms in total. The van der Waals surface area contributed by atoms with Crippen LogP contribution in [0.15, 0.2) is 45.6 Å². The Morgan fingerprint density at radius 3 is 2.29 bits per heavy atom. The van der Waals surface area contributed by atoms with Crippen LogP contribution >= 0.6 is 0 Å². The second-order valence-electron chi connectivity index (χ2n) is 4.26. The molecule has 1 heterocycles. The monoisotopic (exact) mass is 229 g/mol. The summed E-state index contributed by atoms with van der Waals surface area (Å²) in [6, 6.07) is 11.2. The number of hydrogen-bond acceptors (Lipinski definition) is 3. The zero-order chi connectivity index (χ0) is 12.4. The minimum atomic E-state index is -0.327. The Labute approximate surface area is 100 Å². The van der Waals surface area contributed by atoms with Crippen molar-refractivity contribution in [1.29, 1.82) is 0 Å². The molecule has 0 unspecified atom stereocenters. The highest BCUT2D eigenvalue weighted by molar-refractivity contribution is 5.62. The van der Waals surface area contributed by atoms with Crippen LogP contribution in [0.1, 0.15) is 5.56 Å². The third kappa shape index (κ3) is 2.56. The molecule has 0 N–H and O–H groups in total. The molecule has 0 fully saturated rings. The van der Waals surface area contributed by atoms with E-state index in [2.05, 4.69) is 0 Å². The molecular formula is C14H15NO2. The van der Waals surface area contributed by atoms with Gasteiger partial charge >= 0.3 is 5.63 Å². The summed E-state index contributed by atoms with van der Waals surface area (Å²) in [6.07, 6.45) is 0. The van der Waals surface area contributed by atoms with Crippen LogP contribution in [0, 0.1) is 6.92 Å². The van der Waals surface area contributed by atoms with Gasteiger partial charge in [-0.05, 0) is 6.92 Å². The zero-order valence-electron chi connectivity index (χ0n) is 10.2. The fourth-order valence-corrected chi connectivity index (χ4v) is 1.58. The number of nitrogens with zero attached hydrogens (tertiary/aromatic N) is 1. The standard InChI is InChI=1S/C14H15NO2/c1-10-4-6-11(7-5-10)13-8-12(15(2)3)9-14(16)17-13/h4-9H,1-3H3. The van der Waals surface area contributed by atoms with Crippen molar-refractivity contribution in [2.75, 3.05) is 19.0 Å². The molecule has 1 aromatic heterocycles. The molecule has 2 aromatic rings. The van der Waals surface area contributed by atoms with Gasteiger partial charge in [-0.15, -0.1) is 0 Å². The predicted octanol–water partition coefficient (Wildman–Crippen LogP) is 2.68. The van der Waals surface area contributed by atoms with E-state index in [9.17, 15) is 4.79 Å². The van der Waals surface area contributed by atoms with Crippen molar-refractivity contribution >= 4 is 5.69 Å². The first kappa shape index (κ1) is 11.5. The van der Waals surface area contributed by atoms with Crippen molar-refractivity contribution in [2.24, 2.45) is 0 Å². The van der Waals surface area contributed by atoms with E-state index in [1.807, 2.05) is 56.3 Å². The Bertz CT molecular complexity index is 568. The second-order valence-corrected chi connectivity index (χ2v) is 4.26. The quantitative estimate of drug-likeness (QED) is 0.793. The number of anilines is 1. The van der Waals surface area contributed by atoms with Gasteiger partial charge in [-0.1, -0.05) is 29.8 Å². The third-order valence-electron chi connectivity index (χ3n) is 2.61. The van der Waals surface area contributed by atoms with E-state index in [0.717, 1.165) is 11.3 Å². The third-order valence-corrected chi connectivity index (χ3v) is 2.61. The van der Waals surface area contributed by atoms with Crippen molar-refractivity contribution in [1.82, 2.24) is 0 Å². The normalized spacial score (nSPS) is 10.3. The molecule has 0 saturated carbocycles. The molecule has 0 atom stereocenters. The Hall–Kier alpha value is -2.03. The minimum absolute atomic E-state index is 0.327. The van der Waals surface area contributed by atoms with Gasteiger partial charge in [0.25, 0.3) is 0 Å². The molecule has 88 valence electrons. The van der Waals surface area contributed by atoms with E-state index in [1.54, 1.807) is 0 Å². The molecule has 1 aromatic carbocycles. The van der Waals surface area contributed by atoms with Gasteiger partial charge in [0.1, 0.15) is 5.76 Å². The van der Waals surface area contributed by atoms with Crippen molar-refractivity contribution in [3.05, 3.63) is 52.4 Å². The average molecular weight is 229 g/mol. The van der Waals surface area contributed by atoms with Gasteiger partial charge in [-0.25, -0.2) is 4.79 Å². The molecule has 0 amide bonds. The van der Waals surface area contributed by atoms with E-state index >= 15 is 0 Å². The van der Waals surface area contributed by atoms with Crippen molar-refractivity contribution in [3.63, 3.8) is 0 Å². The Kier molecular flexibility index (Phi) is 3.00. The van der Waals surface area contributed by atoms with Gasteiger partial charge in [0.2, 0.25) is 0 Å². The van der Waals surface area contributed by atoms with Crippen LogP contribution in [0.5, 0.6) is 0 Å². The van der Waals surface area contributed by atoms with Gasteiger partial charge in [0, 0.05) is 37.5 Å². The lowest BCUT2D eigenvalue weighted by molar-refractivity contribution is 0.526. The number of rotatable bonds is 2. The molecular weight excluding hydrogens is 214 g/mol. The van der Waals surface area contributed by atoms with Crippen molar-refractivity contribution in [2.45, 2.75) is 6.92 Å². The topological polar surface area (TPSA) is 33.5 Å². The van der Waals surface area contributed by atoms with Crippen LogP contribution in [0.4, 0.5) is 5.69 Å². The first-order valence-corrected chi connectivity index (χ1v) is 5.46. The summed E-state index contributed by atoms with van der Waals surface area (Å²) in [5.41, 5.74) is 2.61. The van der Waals surface area contributed by atoms with Crippen LogP contribution in [0.2, 0.25) is 0 Å². The second kappa shape index (κ2) is 4.45. The van der Waals surface area contributed by atoms with Crippen molar-refractivity contribution < 1.29 is 4.42 Å². The molecule has 3 heteroatoms. The molecule has 0 aliphatic heterocycles.